The highest BCUT2D eigenvalue weighted by atomic mass is 14.7. The lowest BCUT2D eigenvalue weighted by Crippen LogP contribution is -2.04. The van der Waals surface area contributed by atoms with Crippen molar-refractivity contribution in [2.45, 2.75) is 38.6 Å². The second-order valence-corrected chi connectivity index (χ2v) is 3.65. The van der Waals surface area contributed by atoms with Gasteiger partial charge in [-0.05, 0) is 31.2 Å². The van der Waals surface area contributed by atoms with Crippen molar-refractivity contribution in [2.75, 3.05) is 0 Å². The van der Waals surface area contributed by atoms with Gasteiger partial charge in [-0.1, -0.05) is 36.8 Å². The number of hydrogen-bond donors (Lipinski definition) is 0. The van der Waals surface area contributed by atoms with E-state index < -0.39 is 6.37 Å². The van der Waals surface area contributed by atoms with E-state index >= 15 is 0 Å². The Balaban J connectivity index is 1.97. The largest absolute Gasteiger partial charge is 0.289 e. The Kier molecular flexibility index (Phi) is 2.55. The van der Waals surface area contributed by atoms with Gasteiger partial charge in [0.05, 0.1) is 6.54 Å². The maximum Gasteiger partial charge on any atom is 0.0639 e. The number of hydrogen-bond acceptors (Lipinski definition) is 1. The van der Waals surface area contributed by atoms with Crippen molar-refractivity contribution in [2.24, 2.45) is 4.99 Å². The molecule has 0 bridgehead atoms. The van der Waals surface area contributed by atoms with Gasteiger partial charge in [0.2, 0.25) is 0 Å². The van der Waals surface area contributed by atoms with Gasteiger partial charge in [0.1, 0.15) is 0 Å². The number of aliphatic imine (C=N–C) groups is 1. The van der Waals surface area contributed by atoms with E-state index in [1.54, 1.807) is 0 Å². The summed E-state index contributed by atoms with van der Waals surface area (Å²) in [6.07, 6.45) is 2.05. The molecule has 1 saturated carbocycles. The van der Waals surface area contributed by atoms with Crippen LogP contribution in [0.3, 0.4) is 0 Å². The molecule has 0 aromatic heterocycles. The molecule has 0 saturated heterocycles. The SMILES string of the molecule is [2H]C1([2H])CCCC(=NCc2ccccc2)C1. The third-order valence-corrected chi connectivity index (χ3v) is 2.48. The van der Waals surface area contributed by atoms with Crippen LogP contribution in [0.1, 0.15) is 40.4 Å². The fourth-order valence-electron chi connectivity index (χ4n) is 1.66. The normalized spacial score (nSPS) is 25.6. The first kappa shape index (κ1) is 7.22. The molecule has 1 aromatic carbocycles. The second-order valence-electron chi connectivity index (χ2n) is 3.65. The zero-order valence-corrected chi connectivity index (χ0v) is 8.37. The Morgan fingerprint density at radius 3 is 2.79 bits per heavy atom. The van der Waals surface area contributed by atoms with Crippen LogP contribution >= 0.6 is 0 Å². The molecular formula is C13H17N. The minimum Gasteiger partial charge on any atom is -0.289 e. The minimum absolute atomic E-state index is 0.514. The third-order valence-electron chi connectivity index (χ3n) is 2.48. The van der Waals surface area contributed by atoms with Gasteiger partial charge in [-0.3, -0.25) is 4.99 Å². The van der Waals surface area contributed by atoms with Gasteiger partial charge in [0.25, 0.3) is 0 Å². The Hall–Kier alpha value is -1.11. The fraction of sp³-hybridized carbons (Fsp3) is 0.462. The van der Waals surface area contributed by atoms with Crippen LogP contribution in [0, 0.1) is 0 Å². The molecule has 14 heavy (non-hydrogen) atoms. The number of nitrogens with zero attached hydrogens (tertiary/aromatic N) is 1. The molecule has 1 aliphatic carbocycles. The van der Waals surface area contributed by atoms with E-state index in [0.717, 1.165) is 18.6 Å². The molecule has 1 fully saturated rings. The van der Waals surface area contributed by atoms with Crippen LogP contribution in [0.15, 0.2) is 35.3 Å². The highest BCUT2D eigenvalue weighted by molar-refractivity contribution is 5.84. The van der Waals surface area contributed by atoms with Gasteiger partial charge in [-0.15, -0.1) is 0 Å². The standard InChI is InChI=1S/C13H17N/c1-3-7-12(8-4-1)11-14-13-9-5-2-6-10-13/h1,3-4,7-8H,2,5-6,9-11H2/i5D2. The first-order valence-electron chi connectivity index (χ1n) is 6.22. The minimum atomic E-state index is -1.03. The predicted molar refractivity (Wildman–Crippen MR) is 60.7 cm³/mol. The van der Waals surface area contributed by atoms with Gasteiger partial charge in [0.15, 0.2) is 0 Å². The van der Waals surface area contributed by atoms with Crippen molar-refractivity contribution in [3.05, 3.63) is 35.9 Å². The van der Waals surface area contributed by atoms with Gasteiger partial charge >= 0.3 is 0 Å². The highest BCUT2D eigenvalue weighted by Gasteiger charge is 2.05. The van der Waals surface area contributed by atoms with E-state index in [0.29, 0.717) is 19.4 Å². The van der Waals surface area contributed by atoms with Crippen molar-refractivity contribution in [3.63, 3.8) is 0 Å². The summed E-state index contributed by atoms with van der Waals surface area (Å²) in [5.74, 6) is 0. The van der Waals surface area contributed by atoms with Crippen molar-refractivity contribution < 1.29 is 2.74 Å². The smallest absolute Gasteiger partial charge is 0.0639 e. The van der Waals surface area contributed by atoms with Gasteiger partial charge in [-0.25, -0.2) is 0 Å². The third kappa shape index (κ3) is 2.69. The van der Waals surface area contributed by atoms with E-state index in [4.69, 9.17) is 2.74 Å². The van der Waals surface area contributed by atoms with Crippen LogP contribution < -0.4 is 0 Å². The lowest BCUT2D eigenvalue weighted by molar-refractivity contribution is 0.663. The van der Waals surface area contributed by atoms with Crippen molar-refractivity contribution in [3.8, 4) is 0 Å². The van der Waals surface area contributed by atoms with Crippen molar-refractivity contribution >= 4 is 5.71 Å². The van der Waals surface area contributed by atoms with Crippen LogP contribution in [0.2, 0.25) is 0 Å². The van der Waals surface area contributed by atoms with Crippen LogP contribution in [0.25, 0.3) is 0 Å². The molecule has 1 heteroatoms. The first-order valence-corrected chi connectivity index (χ1v) is 5.22. The van der Waals surface area contributed by atoms with Gasteiger partial charge < -0.3 is 0 Å². The van der Waals surface area contributed by atoms with Crippen LogP contribution in [-0.2, 0) is 6.54 Å². The Morgan fingerprint density at radius 2 is 2.00 bits per heavy atom. The number of benzene rings is 1. The second kappa shape index (κ2) is 4.94. The monoisotopic (exact) mass is 189 g/mol. The van der Waals surface area contributed by atoms with Crippen LogP contribution in [-0.4, -0.2) is 5.71 Å². The van der Waals surface area contributed by atoms with Crippen LogP contribution in [0.5, 0.6) is 0 Å². The lowest BCUT2D eigenvalue weighted by atomic mass is 9.98. The zero-order chi connectivity index (χ0) is 11.4. The topological polar surface area (TPSA) is 12.4 Å². The number of rotatable bonds is 2. The summed E-state index contributed by atoms with van der Waals surface area (Å²) >= 11 is 0. The molecule has 0 unspecified atom stereocenters. The summed E-state index contributed by atoms with van der Waals surface area (Å²) in [6, 6.07) is 10.1. The molecular weight excluding hydrogens is 170 g/mol. The van der Waals surface area contributed by atoms with Gasteiger partial charge in [0, 0.05) is 8.45 Å². The molecule has 0 aliphatic heterocycles. The van der Waals surface area contributed by atoms with E-state index in [1.165, 1.54) is 5.56 Å². The van der Waals surface area contributed by atoms with E-state index in [1.807, 2.05) is 18.2 Å². The highest BCUT2D eigenvalue weighted by Crippen LogP contribution is 2.15. The Bertz CT molecular complexity index is 371. The average molecular weight is 189 g/mol. The Morgan fingerprint density at radius 1 is 1.14 bits per heavy atom. The van der Waals surface area contributed by atoms with E-state index in [2.05, 4.69) is 17.1 Å². The molecule has 74 valence electrons. The Labute approximate surface area is 88.7 Å². The summed E-state index contributed by atoms with van der Waals surface area (Å²) in [6.45, 7) is 0.687. The van der Waals surface area contributed by atoms with E-state index in [9.17, 15) is 0 Å². The molecule has 2 rings (SSSR count). The lowest BCUT2D eigenvalue weighted by Gasteiger charge is -2.12. The summed E-state index contributed by atoms with van der Waals surface area (Å²) < 4.78 is 15.5. The first-order chi connectivity index (χ1) is 7.66. The summed E-state index contributed by atoms with van der Waals surface area (Å²) in [7, 11) is 0. The molecule has 0 atom stereocenters. The van der Waals surface area contributed by atoms with Crippen molar-refractivity contribution in [1.82, 2.24) is 0 Å². The fourth-order valence-corrected chi connectivity index (χ4v) is 1.66. The molecule has 1 aromatic rings. The molecule has 1 nitrogen and oxygen atoms in total. The maximum absolute atomic E-state index is 7.73. The van der Waals surface area contributed by atoms with Crippen LogP contribution in [0.4, 0.5) is 0 Å². The molecule has 1 aliphatic rings. The summed E-state index contributed by atoms with van der Waals surface area (Å²) in [5.41, 5.74) is 2.24. The quantitative estimate of drug-likeness (QED) is 0.674. The van der Waals surface area contributed by atoms with Crippen molar-refractivity contribution in [1.29, 1.82) is 0 Å². The predicted octanol–water partition coefficient (Wildman–Crippen LogP) is 3.59. The summed E-state index contributed by atoms with van der Waals surface area (Å²) in [4.78, 5) is 4.53. The molecule has 0 N–H and O–H groups in total. The molecule has 0 spiro atoms. The van der Waals surface area contributed by atoms with E-state index in [-0.39, 0.29) is 0 Å². The summed E-state index contributed by atoms with van der Waals surface area (Å²) in [5, 5.41) is 0. The molecule has 0 heterocycles. The molecule has 0 amide bonds. The average Bonchev–Trinajstić information content (AvgIpc) is 2.27. The van der Waals surface area contributed by atoms with Gasteiger partial charge in [-0.2, -0.15) is 0 Å². The maximum atomic E-state index is 7.73. The molecule has 0 radical (unpaired) electrons. The zero-order valence-electron chi connectivity index (χ0n) is 10.4.